The number of amides is 1. The molecule has 1 aliphatic heterocycles. The third kappa shape index (κ3) is 6.11. The van der Waals surface area contributed by atoms with Crippen molar-refractivity contribution in [1.29, 1.82) is 0 Å². The van der Waals surface area contributed by atoms with Crippen LogP contribution in [0.3, 0.4) is 0 Å². The fourth-order valence-electron chi connectivity index (χ4n) is 4.99. The Morgan fingerprint density at radius 1 is 1.00 bits per heavy atom. The first-order valence-electron chi connectivity index (χ1n) is 13.4. The van der Waals surface area contributed by atoms with E-state index in [9.17, 15) is 4.79 Å². The number of benzene rings is 3. The van der Waals surface area contributed by atoms with Crippen LogP contribution < -0.4 is 16.0 Å². The van der Waals surface area contributed by atoms with E-state index in [-0.39, 0.29) is 17.9 Å². The number of nitrogens with one attached hydrogen (secondary N) is 3. The molecule has 1 amide bonds. The topological polar surface area (TPSA) is 82.2 Å². The van der Waals surface area contributed by atoms with Gasteiger partial charge in [0.2, 0.25) is 11.9 Å². The Kier molecular flexibility index (Phi) is 7.84. The number of hydrogen-bond donors (Lipinski definition) is 3. The Morgan fingerprint density at radius 2 is 1.79 bits per heavy atom. The number of hydrogen-bond acceptors (Lipinski definition) is 6. The molecule has 38 heavy (non-hydrogen) atoms. The van der Waals surface area contributed by atoms with Gasteiger partial charge in [0.05, 0.1) is 11.4 Å². The maximum atomic E-state index is 13.0. The molecule has 3 N–H and O–H groups in total. The van der Waals surface area contributed by atoms with Gasteiger partial charge in [0.1, 0.15) is 5.82 Å². The van der Waals surface area contributed by atoms with Crippen molar-refractivity contribution in [1.82, 2.24) is 14.9 Å². The van der Waals surface area contributed by atoms with Gasteiger partial charge in [0, 0.05) is 30.2 Å². The molecule has 0 bridgehead atoms. The predicted molar refractivity (Wildman–Crippen MR) is 156 cm³/mol. The van der Waals surface area contributed by atoms with E-state index in [4.69, 9.17) is 9.97 Å². The summed E-state index contributed by atoms with van der Waals surface area (Å²) in [5.41, 5.74) is 4.97. The molecule has 0 aliphatic carbocycles. The van der Waals surface area contributed by atoms with E-state index in [1.165, 1.54) is 0 Å². The standard InChI is InChI=1S/C31H36N6O/c1-21(2)33-31-35-28-16-15-23(22-10-5-4-6-11-22)18-26(28)29(36-31)32-19-24-12-7-8-14-27(24)34-30(38)25-13-9-17-37(3)20-25/h4-8,10-12,14-16,18,21,25H,9,13,17,19-20H2,1-3H3,(H,34,38)(H2,32,33,35,36). The van der Waals surface area contributed by atoms with Crippen LogP contribution in [-0.4, -0.2) is 47.0 Å². The van der Waals surface area contributed by atoms with Gasteiger partial charge in [0.25, 0.3) is 0 Å². The molecule has 2 heterocycles. The lowest BCUT2D eigenvalue weighted by Crippen LogP contribution is -2.38. The van der Waals surface area contributed by atoms with Crippen molar-refractivity contribution in [2.24, 2.45) is 5.92 Å². The molecule has 1 unspecified atom stereocenters. The number of carbonyl (C=O) groups is 1. The SMILES string of the molecule is CC(C)Nc1nc(NCc2ccccc2NC(=O)C2CCCN(C)C2)c2cc(-c3ccccc3)ccc2n1. The third-order valence-electron chi connectivity index (χ3n) is 6.94. The average molecular weight is 509 g/mol. The first kappa shape index (κ1) is 25.7. The van der Waals surface area contributed by atoms with Crippen LogP contribution in [0, 0.1) is 5.92 Å². The Bertz CT molecular complexity index is 1400. The molecular weight excluding hydrogens is 472 g/mol. The summed E-state index contributed by atoms with van der Waals surface area (Å²) in [5, 5.41) is 11.0. The molecule has 7 nitrogen and oxygen atoms in total. The Hall–Kier alpha value is -3.97. The van der Waals surface area contributed by atoms with Gasteiger partial charge in [-0.05, 0) is 75.2 Å². The Balaban J connectivity index is 1.42. The summed E-state index contributed by atoms with van der Waals surface area (Å²) < 4.78 is 0. The van der Waals surface area contributed by atoms with E-state index >= 15 is 0 Å². The first-order valence-corrected chi connectivity index (χ1v) is 13.4. The first-order chi connectivity index (χ1) is 18.5. The highest BCUT2D eigenvalue weighted by atomic mass is 16.1. The van der Waals surface area contributed by atoms with E-state index < -0.39 is 0 Å². The van der Waals surface area contributed by atoms with Crippen LogP contribution in [0.15, 0.2) is 72.8 Å². The van der Waals surface area contributed by atoms with E-state index in [2.05, 4.69) is 66.0 Å². The van der Waals surface area contributed by atoms with Gasteiger partial charge in [-0.3, -0.25) is 4.79 Å². The minimum Gasteiger partial charge on any atom is -0.365 e. The van der Waals surface area contributed by atoms with Crippen molar-refractivity contribution >= 4 is 34.3 Å². The lowest BCUT2D eigenvalue weighted by atomic mass is 9.97. The summed E-state index contributed by atoms with van der Waals surface area (Å²) in [6, 6.07) is 24.8. The van der Waals surface area contributed by atoms with Crippen LogP contribution >= 0.6 is 0 Å². The molecule has 0 spiro atoms. The number of nitrogens with zero attached hydrogens (tertiary/aromatic N) is 3. The van der Waals surface area contributed by atoms with Gasteiger partial charge in [-0.2, -0.15) is 4.98 Å². The maximum Gasteiger partial charge on any atom is 0.228 e. The van der Waals surface area contributed by atoms with Gasteiger partial charge in [-0.25, -0.2) is 4.98 Å². The summed E-state index contributed by atoms with van der Waals surface area (Å²) in [7, 11) is 2.08. The largest absolute Gasteiger partial charge is 0.365 e. The predicted octanol–water partition coefficient (Wildman–Crippen LogP) is 6.01. The Morgan fingerprint density at radius 3 is 2.58 bits per heavy atom. The summed E-state index contributed by atoms with van der Waals surface area (Å²) in [4.78, 5) is 24.9. The minimum atomic E-state index is 0.0154. The van der Waals surface area contributed by atoms with Crippen molar-refractivity contribution in [2.75, 3.05) is 36.1 Å². The molecule has 0 saturated carbocycles. The number of likely N-dealkylation sites (tertiary alicyclic amines) is 1. The number of piperidine rings is 1. The van der Waals surface area contributed by atoms with Crippen molar-refractivity contribution in [3.05, 3.63) is 78.4 Å². The summed E-state index contributed by atoms with van der Waals surface area (Å²) in [6.45, 7) is 6.51. The molecule has 4 aromatic rings. The lowest BCUT2D eigenvalue weighted by molar-refractivity contribution is -0.121. The molecule has 5 rings (SSSR count). The van der Waals surface area contributed by atoms with Gasteiger partial charge in [0.15, 0.2) is 0 Å². The fraction of sp³-hybridized carbons (Fsp3) is 0.323. The van der Waals surface area contributed by atoms with E-state index in [1.54, 1.807) is 0 Å². The van der Waals surface area contributed by atoms with Crippen LogP contribution in [-0.2, 0) is 11.3 Å². The van der Waals surface area contributed by atoms with Crippen molar-refractivity contribution in [3.8, 4) is 11.1 Å². The monoisotopic (exact) mass is 508 g/mol. The van der Waals surface area contributed by atoms with Gasteiger partial charge >= 0.3 is 0 Å². The molecule has 1 fully saturated rings. The number of aromatic nitrogens is 2. The normalized spacial score (nSPS) is 15.9. The zero-order valence-corrected chi connectivity index (χ0v) is 22.4. The summed E-state index contributed by atoms with van der Waals surface area (Å²) in [6.07, 6.45) is 1.98. The van der Waals surface area contributed by atoms with Crippen LogP contribution in [0.5, 0.6) is 0 Å². The van der Waals surface area contributed by atoms with Crippen molar-refractivity contribution < 1.29 is 4.79 Å². The van der Waals surface area contributed by atoms with E-state index in [0.717, 1.165) is 65.0 Å². The maximum absolute atomic E-state index is 13.0. The molecule has 0 radical (unpaired) electrons. The molecule has 1 aromatic heterocycles. The number of rotatable bonds is 8. The Labute approximate surface area is 224 Å². The van der Waals surface area contributed by atoms with Gasteiger partial charge < -0.3 is 20.9 Å². The number of carbonyl (C=O) groups excluding carboxylic acids is 1. The zero-order valence-electron chi connectivity index (χ0n) is 22.4. The van der Waals surface area contributed by atoms with Gasteiger partial charge in [-0.15, -0.1) is 0 Å². The second kappa shape index (κ2) is 11.6. The van der Waals surface area contributed by atoms with E-state index in [1.807, 2.05) is 48.5 Å². The summed E-state index contributed by atoms with van der Waals surface area (Å²) in [5.74, 6) is 1.45. The molecule has 7 heteroatoms. The fourth-order valence-corrected chi connectivity index (χ4v) is 4.99. The molecule has 1 saturated heterocycles. The third-order valence-corrected chi connectivity index (χ3v) is 6.94. The molecule has 196 valence electrons. The number of para-hydroxylation sites is 1. The highest BCUT2D eigenvalue weighted by Gasteiger charge is 2.24. The molecule has 1 atom stereocenters. The highest BCUT2D eigenvalue weighted by Crippen LogP contribution is 2.29. The zero-order chi connectivity index (χ0) is 26.5. The second-order valence-electron chi connectivity index (χ2n) is 10.4. The van der Waals surface area contributed by atoms with E-state index in [0.29, 0.717) is 12.5 Å². The van der Waals surface area contributed by atoms with Crippen LogP contribution in [0.4, 0.5) is 17.5 Å². The van der Waals surface area contributed by atoms with Crippen molar-refractivity contribution in [2.45, 2.75) is 39.3 Å². The quantitative estimate of drug-likeness (QED) is 0.270. The molecule has 1 aliphatic rings. The molecule has 3 aromatic carbocycles. The average Bonchev–Trinajstić information content (AvgIpc) is 2.92. The lowest BCUT2D eigenvalue weighted by Gasteiger charge is -2.29. The minimum absolute atomic E-state index is 0.0154. The number of fused-ring (bicyclic) bond motifs is 1. The van der Waals surface area contributed by atoms with Crippen molar-refractivity contribution in [3.63, 3.8) is 0 Å². The molecular formula is C31H36N6O. The van der Waals surface area contributed by atoms with Crippen LogP contribution in [0.2, 0.25) is 0 Å². The van der Waals surface area contributed by atoms with Crippen LogP contribution in [0.1, 0.15) is 32.3 Å². The highest BCUT2D eigenvalue weighted by molar-refractivity contribution is 5.95. The summed E-state index contributed by atoms with van der Waals surface area (Å²) >= 11 is 0. The van der Waals surface area contributed by atoms with Gasteiger partial charge in [-0.1, -0.05) is 54.6 Å². The van der Waals surface area contributed by atoms with Crippen LogP contribution in [0.25, 0.3) is 22.0 Å². The smallest absolute Gasteiger partial charge is 0.228 e. The number of anilines is 3. The second-order valence-corrected chi connectivity index (χ2v) is 10.4.